The first-order valence-corrected chi connectivity index (χ1v) is 4.63. The van der Waals surface area contributed by atoms with Gasteiger partial charge in [-0.3, -0.25) is 0 Å². The van der Waals surface area contributed by atoms with Crippen LogP contribution in [0.25, 0.3) is 0 Å². The van der Waals surface area contributed by atoms with Crippen molar-refractivity contribution in [3.63, 3.8) is 0 Å². The number of hydrogen-bond acceptors (Lipinski definition) is 2. The van der Waals surface area contributed by atoms with Crippen LogP contribution in [0.4, 0.5) is 0 Å². The molecule has 1 rings (SSSR count). The van der Waals surface area contributed by atoms with Crippen LogP contribution in [0, 0.1) is 0 Å². The van der Waals surface area contributed by atoms with Crippen molar-refractivity contribution in [1.82, 2.24) is 0 Å². The third-order valence-electron chi connectivity index (χ3n) is 2.55. The maximum Gasteiger partial charge on any atom is 0.0483 e. The Labute approximate surface area is 69.1 Å². The molecule has 0 spiro atoms. The van der Waals surface area contributed by atoms with Gasteiger partial charge < -0.3 is 10.5 Å². The summed E-state index contributed by atoms with van der Waals surface area (Å²) >= 11 is 0. The average molecular weight is 157 g/mol. The van der Waals surface area contributed by atoms with Crippen LogP contribution in [0.5, 0.6) is 0 Å². The van der Waals surface area contributed by atoms with E-state index in [1.54, 1.807) is 0 Å². The number of hydrogen-bond donors (Lipinski definition) is 1. The van der Waals surface area contributed by atoms with Crippen molar-refractivity contribution in [2.75, 3.05) is 13.2 Å². The van der Waals surface area contributed by atoms with Gasteiger partial charge in [0.25, 0.3) is 0 Å². The Morgan fingerprint density at radius 1 is 1.36 bits per heavy atom. The SMILES string of the molecule is CCOCCC1(N)CCCC1. The molecule has 0 atom stereocenters. The van der Waals surface area contributed by atoms with Gasteiger partial charge in [-0.2, -0.15) is 0 Å². The van der Waals surface area contributed by atoms with Crippen molar-refractivity contribution >= 4 is 0 Å². The first kappa shape index (κ1) is 9.01. The smallest absolute Gasteiger partial charge is 0.0483 e. The third-order valence-corrected chi connectivity index (χ3v) is 2.55. The van der Waals surface area contributed by atoms with Crippen LogP contribution in [0.2, 0.25) is 0 Å². The molecule has 0 aromatic rings. The van der Waals surface area contributed by atoms with Crippen molar-refractivity contribution < 1.29 is 4.74 Å². The van der Waals surface area contributed by atoms with Gasteiger partial charge in [0.05, 0.1) is 0 Å². The quantitative estimate of drug-likeness (QED) is 0.630. The normalized spacial score (nSPS) is 22.4. The molecule has 1 saturated carbocycles. The molecule has 0 heterocycles. The van der Waals surface area contributed by atoms with Crippen LogP contribution < -0.4 is 5.73 Å². The minimum atomic E-state index is 0.120. The number of ether oxygens (including phenoxy) is 1. The van der Waals surface area contributed by atoms with Gasteiger partial charge in [0.1, 0.15) is 0 Å². The molecular formula is C9H19NO. The lowest BCUT2D eigenvalue weighted by molar-refractivity contribution is 0.126. The predicted molar refractivity (Wildman–Crippen MR) is 46.5 cm³/mol. The van der Waals surface area contributed by atoms with Crippen molar-refractivity contribution in [3.8, 4) is 0 Å². The van der Waals surface area contributed by atoms with Gasteiger partial charge in [0, 0.05) is 18.8 Å². The molecule has 0 unspecified atom stereocenters. The van der Waals surface area contributed by atoms with Crippen molar-refractivity contribution in [2.45, 2.75) is 44.6 Å². The fourth-order valence-corrected chi connectivity index (χ4v) is 1.75. The van der Waals surface area contributed by atoms with E-state index in [1.807, 2.05) is 6.92 Å². The van der Waals surface area contributed by atoms with Gasteiger partial charge in [-0.15, -0.1) is 0 Å². The maximum absolute atomic E-state index is 6.12. The summed E-state index contributed by atoms with van der Waals surface area (Å²) in [4.78, 5) is 0. The lowest BCUT2D eigenvalue weighted by atomic mass is 9.95. The molecule has 0 aromatic carbocycles. The molecule has 2 heteroatoms. The van der Waals surface area contributed by atoms with Crippen LogP contribution in [0.15, 0.2) is 0 Å². The fraction of sp³-hybridized carbons (Fsp3) is 1.00. The minimum absolute atomic E-state index is 0.120. The molecular weight excluding hydrogens is 138 g/mol. The van der Waals surface area contributed by atoms with E-state index in [9.17, 15) is 0 Å². The maximum atomic E-state index is 6.12. The molecule has 0 amide bonds. The van der Waals surface area contributed by atoms with E-state index < -0.39 is 0 Å². The highest BCUT2D eigenvalue weighted by Crippen LogP contribution is 2.29. The molecule has 11 heavy (non-hydrogen) atoms. The summed E-state index contributed by atoms with van der Waals surface area (Å²) in [5, 5.41) is 0. The summed E-state index contributed by atoms with van der Waals surface area (Å²) in [5.41, 5.74) is 6.24. The molecule has 0 aromatic heterocycles. The van der Waals surface area contributed by atoms with Crippen LogP contribution in [-0.2, 0) is 4.74 Å². The molecule has 2 N–H and O–H groups in total. The molecule has 0 bridgehead atoms. The van der Waals surface area contributed by atoms with Gasteiger partial charge >= 0.3 is 0 Å². The highest BCUT2D eigenvalue weighted by Gasteiger charge is 2.28. The first-order valence-electron chi connectivity index (χ1n) is 4.63. The third kappa shape index (κ3) is 2.80. The number of rotatable bonds is 4. The zero-order valence-corrected chi connectivity index (χ0v) is 7.44. The van der Waals surface area contributed by atoms with Crippen molar-refractivity contribution in [3.05, 3.63) is 0 Å². The Morgan fingerprint density at radius 3 is 2.55 bits per heavy atom. The lowest BCUT2D eigenvalue weighted by Crippen LogP contribution is -2.37. The van der Waals surface area contributed by atoms with Crippen LogP contribution in [0.1, 0.15) is 39.0 Å². The summed E-state index contributed by atoms with van der Waals surface area (Å²) in [7, 11) is 0. The van der Waals surface area contributed by atoms with Gasteiger partial charge in [0.15, 0.2) is 0 Å². The van der Waals surface area contributed by atoms with E-state index in [1.165, 1.54) is 25.7 Å². The molecule has 1 aliphatic carbocycles. The monoisotopic (exact) mass is 157 g/mol. The van der Waals surface area contributed by atoms with E-state index in [0.717, 1.165) is 19.6 Å². The standard InChI is InChI=1S/C9H19NO/c1-2-11-8-7-9(10)5-3-4-6-9/h2-8,10H2,1H3. The number of nitrogens with two attached hydrogens (primary N) is 1. The Hall–Kier alpha value is -0.0800. The van der Waals surface area contributed by atoms with Crippen LogP contribution >= 0.6 is 0 Å². The fourth-order valence-electron chi connectivity index (χ4n) is 1.75. The summed E-state index contributed by atoms with van der Waals surface area (Å²) in [6.45, 7) is 3.68. The summed E-state index contributed by atoms with van der Waals surface area (Å²) in [6.07, 6.45) is 6.05. The molecule has 0 aliphatic heterocycles. The molecule has 0 radical (unpaired) electrons. The van der Waals surface area contributed by atoms with Crippen molar-refractivity contribution in [2.24, 2.45) is 5.73 Å². The van der Waals surface area contributed by atoms with E-state index in [2.05, 4.69) is 0 Å². The lowest BCUT2D eigenvalue weighted by Gasteiger charge is -2.22. The predicted octanol–water partition coefficient (Wildman–Crippen LogP) is 1.68. The molecule has 1 aliphatic rings. The largest absolute Gasteiger partial charge is 0.382 e. The molecule has 2 nitrogen and oxygen atoms in total. The zero-order valence-electron chi connectivity index (χ0n) is 7.44. The second-order valence-electron chi connectivity index (χ2n) is 3.52. The second-order valence-corrected chi connectivity index (χ2v) is 3.52. The van der Waals surface area contributed by atoms with E-state index in [-0.39, 0.29) is 5.54 Å². The highest BCUT2D eigenvalue weighted by molar-refractivity contribution is 4.88. The summed E-state index contributed by atoms with van der Waals surface area (Å²) < 4.78 is 5.28. The molecule has 0 saturated heterocycles. The Balaban J connectivity index is 2.13. The first-order chi connectivity index (χ1) is 5.27. The zero-order chi connectivity index (χ0) is 8.16. The van der Waals surface area contributed by atoms with Gasteiger partial charge in [-0.1, -0.05) is 12.8 Å². The van der Waals surface area contributed by atoms with Gasteiger partial charge in [-0.25, -0.2) is 0 Å². The summed E-state index contributed by atoms with van der Waals surface area (Å²) in [6, 6.07) is 0. The average Bonchev–Trinajstić information content (AvgIpc) is 2.38. The molecule has 66 valence electrons. The molecule has 1 fully saturated rings. The van der Waals surface area contributed by atoms with Crippen LogP contribution in [-0.4, -0.2) is 18.8 Å². The topological polar surface area (TPSA) is 35.2 Å². The Kier molecular flexibility index (Phi) is 3.34. The van der Waals surface area contributed by atoms with Crippen LogP contribution in [0.3, 0.4) is 0 Å². The highest BCUT2D eigenvalue weighted by atomic mass is 16.5. The Bertz CT molecular complexity index is 108. The van der Waals surface area contributed by atoms with Gasteiger partial charge in [-0.05, 0) is 26.2 Å². The second kappa shape index (κ2) is 4.07. The van der Waals surface area contributed by atoms with E-state index in [4.69, 9.17) is 10.5 Å². The van der Waals surface area contributed by atoms with E-state index in [0.29, 0.717) is 0 Å². The minimum Gasteiger partial charge on any atom is -0.382 e. The van der Waals surface area contributed by atoms with Gasteiger partial charge in [0.2, 0.25) is 0 Å². The summed E-state index contributed by atoms with van der Waals surface area (Å²) in [5.74, 6) is 0. The van der Waals surface area contributed by atoms with Crippen molar-refractivity contribution in [1.29, 1.82) is 0 Å². The Morgan fingerprint density at radius 2 is 2.00 bits per heavy atom. The van der Waals surface area contributed by atoms with E-state index >= 15 is 0 Å².